The number of hydrogen-bond acceptors (Lipinski definition) is 5. The molecule has 1 saturated heterocycles. The Labute approximate surface area is 125 Å². The Morgan fingerprint density at radius 3 is 2.86 bits per heavy atom. The van der Waals surface area contributed by atoms with Gasteiger partial charge < -0.3 is 25.4 Å². The summed E-state index contributed by atoms with van der Waals surface area (Å²) in [5.41, 5.74) is 8.17. The van der Waals surface area contributed by atoms with E-state index in [9.17, 15) is 4.79 Å². The first-order chi connectivity index (χ1) is 10.1. The molecule has 6 heteroatoms. The second kappa shape index (κ2) is 6.67. The van der Waals surface area contributed by atoms with E-state index in [4.69, 9.17) is 10.5 Å². The van der Waals surface area contributed by atoms with E-state index in [-0.39, 0.29) is 18.2 Å². The highest BCUT2D eigenvalue weighted by Crippen LogP contribution is 2.35. The van der Waals surface area contributed by atoms with Gasteiger partial charge in [0.1, 0.15) is 5.75 Å². The minimum atomic E-state index is -0.389. The number of nitrogens with two attached hydrogens (primary N) is 1. The summed E-state index contributed by atoms with van der Waals surface area (Å²) in [5, 5.41) is 2.84. The molecule has 0 saturated carbocycles. The van der Waals surface area contributed by atoms with E-state index in [0.717, 1.165) is 36.5 Å². The minimum absolute atomic E-state index is 0.0876. The van der Waals surface area contributed by atoms with Crippen LogP contribution in [0.2, 0.25) is 0 Å². The molecule has 21 heavy (non-hydrogen) atoms. The first-order valence-electron chi connectivity index (χ1n) is 7.08. The molecule has 0 aromatic heterocycles. The van der Waals surface area contributed by atoms with Crippen molar-refractivity contribution in [2.24, 2.45) is 5.73 Å². The molecule has 1 aliphatic rings. The average Bonchev–Trinajstić information content (AvgIpc) is 2.94. The summed E-state index contributed by atoms with van der Waals surface area (Å²) in [6, 6.07) is 5.89. The van der Waals surface area contributed by atoms with Crippen molar-refractivity contribution in [3.05, 3.63) is 23.8 Å². The lowest BCUT2D eigenvalue weighted by atomic mass is 10.0. The van der Waals surface area contributed by atoms with Gasteiger partial charge >= 0.3 is 6.09 Å². The van der Waals surface area contributed by atoms with Crippen LogP contribution >= 0.6 is 0 Å². The standard InChI is InChI=1S/C15H23N3O3/c1-10(16)14-12(5-4-6-13(14)20-2)18-8-7-11(9-18)17-15(19)21-3/h4-6,10-11H,7-9,16H2,1-3H3,(H,17,19). The Kier molecular flexibility index (Phi) is 4.90. The fourth-order valence-electron chi connectivity index (χ4n) is 2.77. The minimum Gasteiger partial charge on any atom is -0.496 e. The van der Waals surface area contributed by atoms with Gasteiger partial charge in [-0.15, -0.1) is 0 Å². The van der Waals surface area contributed by atoms with Crippen LogP contribution in [-0.4, -0.2) is 39.4 Å². The second-order valence-corrected chi connectivity index (χ2v) is 5.25. The van der Waals surface area contributed by atoms with Crippen LogP contribution in [0.25, 0.3) is 0 Å². The Bertz CT molecular complexity index is 505. The summed E-state index contributed by atoms with van der Waals surface area (Å²) in [6.07, 6.45) is 0.491. The number of carbonyl (C=O) groups excluding carboxylic acids is 1. The molecule has 1 heterocycles. The maximum atomic E-state index is 11.3. The molecule has 3 N–H and O–H groups in total. The van der Waals surface area contributed by atoms with Crippen molar-refractivity contribution in [2.75, 3.05) is 32.2 Å². The van der Waals surface area contributed by atoms with Crippen LogP contribution in [0, 0.1) is 0 Å². The number of ether oxygens (including phenoxy) is 2. The molecule has 2 unspecified atom stereocenters. The fourth-order valence-corrected chi connectivity index (χ4v) is 2.77. The van der Waals surface area contributed by atoms with Gasteiger partial charge in [0.2, 0.25) is 0 Å². The van der Waals surface area contributed by atoms with E-state index < -0.39 is 0 Å². The Balaban J connectivity index is 2.18. The molecular formula is C15H23N3O3. The number of nitrogens with zero attached hydrogens (tertiary/aromatic N) is 1. The first-order valence-corrected chi connectivity index (χ1v) is 7.08. The van der Waals surface area contributed by atoms with Gasteiger partial charge in [0, 0.05) is 30.4 Å². The highest BCUT2D eigenvalue weighted by Gasteiger charge is 2.27. The number of methoxy groups -OCH3 is 2. The van der Waals surface area contributed by atoms with Gasteiger partial charge in [0.25, 0.3) is 0 Å². The Morgan fingerprint density at radius 2 is 2.24 bits per heavy atom. The molecule has 0 aliphatic carbocycles. The van der Waals surface area contributed by atoms with E-state index in [1.54, 1.807) is 7.11 Å². The van der Waals surface area contributed by atoms with Gasteiger partial charge in [-0.25, -0.2) is 4.79 Å². The molecule has 1 amide bonds. The maximum absolute atomic E-state index is 11.3. The van der Waals surface area contributed by atoms with Crippen molar-refractivity contribution >= 4 is 11.8 Å². The summed E-state index contributed by atoms with van der Waals surface area (Å²) in [5.74, 6) is 0.798. The van der Waals surface area contributed by atoms with Crippen molar-refractivity contribution in [1.82, 2.24) is 5.32 Å². The molecule has 0 bridgehead atoms. The summed E-state index contributed by atoms with van der Waals surface area (Å²) < 4.78 is 10.1. The SMILES string of the molecule is COC(=O)NC1CCN(c2cccc(OC)c2C(C)N)C1. The third-order valence-electron chi connectivity index (χ3n) is 3.75. The Hall–Kier alpha value is -1.95. The molecule has 0 radical (unpaired) electrons. The van der Waals surface area contributed by atoms with Crippen molar-refractivity contribution < 1.29 is 14.3 Å². The van der Waals surface area contributed by atoms with Gasteiger partial charge in [0.15, 0.2) is 0 Å². The topological polar surface area (TPSA) is 76.8 Å². The number of hydrogen-bond donors (Lipinski definition) is 2. The molecule has 1 aromatic rings. The molecule has 6 nitrogen and oxygen atoms in total. The highest BCUT2D eigenvalue weighted by atomic mass is 16.5. The zero-order valence-electron chi connectivity index (χ0n) is 12.8. The molecule has 116 valence electrons. The molecule has 1 aliphatic heterocycles. The third kappa shape index (κ3) is 3.39. The number of benzene rings is 1. The number of alkyl carbamates (subject to hydrolysis) is 1. The normalized spacial score (nSPS) is 19.2. The van der Waals surface area contributed by atoms with Crippen molar-refractivity contribution in [2.45, 2.75) is 25.4 Å². The average molecular weight is 293 g/mol. The van der Waals surface area contributed by atoms with Crippen molar-refractivity contribution in [3.8, 4) is 5.75 Å². The van der Waals surface area contributed by atoms with Gasteiger partial charge in [-0.2, -0.15) is 0 Å². The zero-order valence-corrected chi connectivity index (χ0v) is 12.8. The van der Waals surface area contributed by atoms with E-state index in [1.165, 1.54) is 7.11 Å². The highest BCUT2D eigenvalue weighted by molar-refractivity contribution is 5.68. The van der Waals surface area contributed by atoms with Crippen LogP contribution in [0.4, 0.5) is 10.5 Å². The van der Waals surface area contributed by atoms with E-state index in [0.29, 0.717) is 0 Å². The maximum Gasteiger partial charge on any atom is 0.407 e. The van der Waals surface area contributed by atoms with Crippen LogP contribution in [0.15, 0.2) is 18.2 Å². The fraction of sp³-hybridized carbons (Fsp3) is 0.533. The van der Waals surface area contributed by atoms with E-state index >= 15 is 0 Å². The molecule has 0 spiro atoms. The molecular weight excluding hydrogens is 270 g/mol. The van der Waals surface area contributed by atoms with E-state index in [1.807, 2.05) is 25.1 Å². The second-order valence-electron chi connectivity index (χ2n) is 5.25. The van der Waals surface area contributed by atoms with Crippen LogP contribution in [0.5, 0.6) is 5.75 Å². The number of carbonyl (C=O) groups is 1. The lowest BCUT2D eigenvalue weighted by Gasteiger charge is -2.25. The van der Waals surface area contributed by atoms with Gasteiger partial charge in [0.05, 0.1) is 20.3 Å². The van der Waals surface area contributed by atoms with Crippen LogP contribution in [0.1, 0.15) is 24.9 Å². The predicted octanol–water partition coefficient (Wildman–Crippen LogP) is 1.65. The van der Waals surface area contributed by atoms with Crippen molar-refractivity contribution in [3.63, 3.8) is 0 Å². The lowest BCUT2D eigenvalue weighted by molar-refractivity contribution is 0.167. The summed E-state index contributed by atoms with van der Waals surface area (Å²) in [6.45, 7) is 3.55. The van der Waals surface area contributed by atoms with Gasteiger partial charge in [-0.05, 0) is 25.5 Å². The van der Waals surface area contributed by atoms with Gasteiger partial charge in [-0.1, -0.05) is 6.07 Å². The third-order valence-corrected chi connectivity index (χ3v) is 3.75. The van der Waals surface area contributed by atoms with Crippen molar-refractivity contribution in [1.29, 1.82) is 0 Å². The summed E-state index contributed by atoms with van der Waals surface area (Å²) in [7, 11) is 3.02. The molecule has 1 aromatic carbocycles. The zero-order chi connectivity index (χ0) is 15.4. The lowest BCUT2D eigenvalue weighted by Crippen LogP contribution is -2.37. The first kappa shape index (κ1) is 15.4. The van der Waals surface area contributed by atoms with Crippen LogP contribution in [0.3, 0.4) is 0 Å². The number of rotatable bonds is 4. The largest absolute Gasteiger partial charge is 0.496 e. The molecule has 1 fully saturated rings. The van der Waals surface area contributed by atoms with Gasteiger partial charge in [-0.3, -0.25) is 0 Å². The monoisotopic (exact) mass is 293 g/mol. The summed E-state index contributed by atoms with van der Waals surface area (Å²) in [4.78, 5) is 13.5. The summed E-state index contributed by atoms with van der Waals surface area (Å²) >= 11 is 0. The molecule has 2 atom stereocenters. The predicted molar refractivity (Wildman–Crippen MR) is 81.8 cm³/mol. The van der Waals surface area contributed by atoms with E-state index in [2.05, 4.69) is 15.0 Å². The number of anilines is 1. The van der Waals surface area contributed by atoms with Crippen LogP contribution in [-0.2, 0) is 4.74 Å². The Morgan fingerprint density at radius 1 is 1.48 bits per heavy atom. The smallest absolute Gasteiger partial charge is 0.407 e. The van der Waals surface area contributed by atoms with Crippen LogP contribution < -0.4 is 20.7 Å². The quantitative estimate of drug-likeness (QED) is 0.882. The number of nitrogens with one attached hydrogen (secondary N) is 1. The number of amides is 1. The molecule has 2 rings (SSSR count).